The molecule has 0 atom stereocenters. The van der Waals surface area contributed by atoms with Crippen molar-refractivity contribution in [1.29, 1.82) is 0 Å². The molecule has 1 amide bonds. The average molecular weight is 455 g/mol. The number of benzene rings is 1. The van der Waals surface area contributed by atoms with Gasteiger partial charge in [-0.15, -0.1) is 0 Å². The van der Waals surface area contributed by atoms with E-state index in [0.29, 0.717) is 43.8 Å². The zero-order chi connectivity index (χ0) is 22.9. The minimum absolute atomic E-state index is 0.00601. The quantitative estimate of drug-likeness (QED) is 0.621. The molecule has 2 aromatic heterocycles. The van der Waals surface area contributed by atoms with Gasteiger partial charge in [-0.05, 0) is 56.9 Å². The maximum atomic E-state index is 13.2. The van der Waals surface area contributed by atoms with E-state index in [-0.39, 0.29) is 11.8 Å². The fourth-order valence-corrected chi connectivity index (χ4v) is 6.51. The van der Waals surface area contributed by atoms with E-state index in [1.54, 1.807) is 0 Å². The van der Waals surface area contributed by atoms with Crippen molar-refractivity contribution in [2.24, 2.45) is 5.92 Å². The molecule has 1 saturated heterocycles. The van der Waals surface area contributed by atoms with Gasteiger partial charge in [-0.25, -0.2) is 13.4 Å². The zero-order valence-electron chi connectivity index (χ0n) is 18.8. The van der Waals surface area contributed by atoms with Gasteiger partial charge in [0.1, 0.15) is 5.65 Å². The number of nitrogens with one attached hydrogen (secondary N) is 1. The van der Waals surface area contributed by atoms with Crippen LogP contribution in [0.4, 0.5) is 0 Å². The van der Waals surface area contributed by atoms with Crippen molar-refractivity contribution < 1.29 is 13.2 Å². The highest BCUT2D eigenvalue weighted by atomic mass is 32.2. The molecule has 0 aliphatic carbocycles. The summed E-state index contributed by atoms with van der Waals surface area (Å²) in [5.74, 6) is -0.170. The van der Waals surface area contributed by atoms with Gasteiger partial charge in [0.05, 0.1) is 10.6 Å². The monoisotopic (exact) mass is 454 g/mol. The van der Waals surface area contributed by atoms with Crippen molar-refractivity contribution >= 4 is 21.6 Å². The smallest absolute Gasteiger partial charge is 0.243 e. The molecule has 8 heteroatoms. The Bertz CT molecular complexity index is 1190. The fourth-order valence-electron chi connectivity index (χ4n) is 4.63. The van der Waals surface area contributed by atoms with Crippen LogP contribution in [0, 0.1) is 26.7 Å². The summed E-state index contributed by atoms with van der Waals surface area (Å²) in [6.07, 6.45) is 5.64. The third-order valence-corrected chi connectivity index (χ3v) is 8.33. The highest BCUT2D eigenvalue weighted by Crippen LogP contribution is 2.28. The van der Waals surface area contributed by atoms with Gasteiger partial charge in [0.2, 0.25) is 15.9 Å². The number of hydrogen-bond acceptors (Lipinski definition) is 4. The number of pyridine rings is 1. The summed E-state index contributed by atoms with van der Waals surface area (Å²) in [6.45, 7) is 6.89. The van der Waals surface area contributed by atoms with Crippen LogP contribution < -0.4 is 5.32 Å². The third kappa shape index (κ3) is 4.56. The number of amides is 1. The first-order chi connectivity index (χ1) is 15.3. The normalized spacial score (nSPS) is 15.8. The van der Waals surface area contributed by atoms with Crippen LogP contribution in [0.3, 0.4) is 0 Å². The second-order valence-corrected chi connectivity index (χ2v) is 10.5. The van der Waals surface area contributed by atoms with Crippen LogP contribution in [0.25, 0.3) is 5.65 Å². The SMILES string of the molecule is Cc1cc(C)c(S(=O)(=O)N2CCC(C(=O)NCCc3cn4ccccc4n3)CC2)c(C)c1. The Morgan fingerprint density at radius 3 is 2.47 bits per heavy atom. The number of hydrogen-bond donors (Lipinski definition) is 1. The zero-order valence-corrected chi connectivity index (χ0v) is 19.7. The molecule has 1 N–H and O–H groups in total. The lowest BCUT2D eigenvalue weighted by molar-refractivity contribution is -0.126. The molecule has 32 heavy (non-hydrogen) atoms. The van der Waals surface area contributed by atoms with Gasteiger partial charge in [-0.2, -0.15) is 4.31 Å². The molecule has 0 radical (unpaired) electrons. The molecule has 1 aliphatic heterocycles. The minimum atomic E-state index is -3.56. The van der Waals surface area contributed by atoms with Crippen LogP contribution in [0.1, 0.15) is 35.2 Å². The summed E-state index contributed by atoms with van der Waals surface area (Å²) >= 11 is 0. The van der Waals surface area contributed by atoms with Gasteiger partial charge in [0.15, 0.2) is 0 Å². The first-order valence-corrected chi connectivity index (χ1v) is 12.5. The topological polar surface area (TPSA) is 83.8 Å². The van der Waals surface area contributed by atoms with Gasteiger partial charge < -0.3 is 9.72 Å². The molecule has 3 aromatic rings. The summed E-state index contributed by atoms with van der Waals surface area (Å²) in [7, 11) is -3.56. The number of rotatable bonds is 6. The fraction of sp³-hybridized carbons (Fsp3) is 0.417. The van der Waals surface area contributed by atoms with Crippen molar-refractivity contribution in [3.8, 4) is 0 Å². The van der Waals surface area contributed by atoms with Gasteiger partial charge >= 0.3 is 0 Å². The van der Waals surface area contributed by atoms with E-state index in [1.165, 1.54) is 4.31 Å². The van der Waals surface area contributed by atoms with E-state index in [0.717, 1.165) is 28.0 Å². The van der Waals surface area contributed by atoms with E-state index in [4.69, 9.17) is 0 Å². The maximum absolute atomic E-state index is 13.2. The molecule has 1 aromatic carbocycles. The molecule has 170 valence electrons. The average Bonchev–Trinajstić information content (AvgIpc) is 3.15. The van der Waals surface area contributed by atoms with E-state index in [1.807, 2.05) is 67.9 Å². The van der Waals surface area contributed by atoms with E-state index in [2.05, 4.69) is 10.3 Å². The van der Waals surface area contributed by atoms with Gasteiger partial charge in [-0.3, -0.25) is 4.79 Å². The Morgan fingerprint density at radius 2 is 1.81 bits per heavy atom. The molecule has 1 aliphatic rings. The first-order valence-electron chi connectivity index (χ1n) is 11.0. The number of fused-ring (bicyclic) bond motifs is 1. The number of aromatic nitrogens is 2. The number of sulfonamides is 1. The molecule has 1 fully saturated rings. The molecule has 3 heterocycles. The molecular formula is C24H30N4O3S. The van der Waals surface area contributed by atoms with Crippen LogP contribution >= 0.6 is 0 Å². The molecule has 7 nitrogen and oxygen atoms in total. The third-order valence-electron chi connectivity index (χ3n) is 6.12. The van der Waals surface area contributed by atoms with E-state index >= 15 is 0 Å². The second-order valence-electron chi connectivity index (χ2n) is 8.65. The van der Waals surface area contributed by atoms with Crippen LogP contribution in [0.15, 0.2) is 47.6 Å². The number of piperidine rings is 1. The van der Waals surface area contributed by atoms with Crippen molar-refractivity contribution in [2.75, 3.05) is 19.6 Å². The summed E-state index contributed by atoms with van der Waals surface area (Å²) in [5, 5.41) is 3.00. The summed E-state index contributed by atoms with van der Waals surface area (Å²) in [5.41, 5.74) is 4.42. The number of carbonyl (C=O) groups excluding carboxylic acids is 1. The predicted molar refractivity (Wildman–Crippen MR) is 124 cm³/mol. The predicted octanol–water partition coefficient (Wildman–Crippen LogP) is 3.02. The van der Waals surface area contributed by atoms with Gasteiger partial charge in [0.25, 0.3) is 0 Å². The Hall–Kier alpha value is -2.71. The maximum Gasteiger partial charge on any atom is 0.243 e. The Labute approximate surface area is 189 Å². The largest absolute Gasteiger partial charge is 0.355 e. The lowest BCUT2D eigenvalue weighted by Gasteiger charge is -2.31. The van der Waals surface area contributed by atoms with Crippen molar-refractivity contribution in [1.82, 2.24) is 19.0 Å². The van der Waals surface area contributed by atoms with Gasteiger partial charge in [0, 0.05) is 44.4 Å². The van der Waals surface area contributed by atoms with Crippen LogP contribution in [0.5, 0.6) is 0 Å². The lowest BCUT2D eigenvalue weighted by Crippen LogP contribution is -2.43. The molecule has 0 saturated carbocycles. The molecule has 0 bridgehead atoms. The molecule has 0 spiro atoms. The molecule has 4 rings (SSSR count). The van der Waals surface area contributed by atoms with Crippen molar-refractivity contribution in [3.05, 3.63) is 65.1 Å². The van der Waals surface area contributed by atoms with Crippen LogP contribution in [0.2, 0.25) is 0 Å². The van der Waals surface area contributed by atoms with Crippen LogP contribution in [-0.2, 0) is 21.2 Å². The second kappa shape index (κ2) is 9.03. The Balaban J connectivity index is 1.31. The highest BCUT2D eigenvalue weighted by molar-refractivity contribution is 7.89. The molecular weight excluding hydrogens is 424 g/mol. The number of nitrogens with zero attached hydrogens (tertiary/aromatic N) is 3. The van der Waals surface area contributed by atoms with E-state index in [9.17, 15) is 13.2 Å². The Morgan fingerprint density at radius 1 is 1.12 bits per heavy atom. The van der Waals surface area contributed by atoms with Gasteiger partial charge in [-0.1, -0.05) is 23.8 Å². The van der Waals surface area contributed by atoms with E-state index < -0.39 is 10.0 Å². The number of aryl methyl sites for hydroxylation is 3. The number of imidazole rings is 1. The lowest BCUT2D eigenvalue weighted by atomic mass is 9.97. The number of carbonyl (C=O) groups is 1. The van der Waals surface area contributed by atoms with Crippen molar-refractivity contribution in [3.63, 3.8) is 0 Å². The standard InChI is InChI=1S/C24H30N4O3S/c1-17-14-18(2)23(19(3)15-17)32(30,31)28-12-8-20(9-13-28)24(29)25-10-7-21-16-27-11-5-4-6-22(27)26-21/h4-6,11,14-16,20H,7-10,12-13H2,1-3H3,(H,25,29). The highest BCUT2D eigenvalue weighted by Gasteiger charge is 2.33. The van der Waals surface area contributed by atoms with Crippen LogP contribution in [-0.4, -0.2) is 47.6 Å². The Kier molecular flexibility index (Phi) is 6.35. The summed E-state index contributed by atoms with van der Waals surface area (Å²) < 4.78 is 30.0. The minimum Gasteiger partial charge on any atom is -0.355 e. The summed E-state index contributed by atoms with van der Waals surface area (Å²) in [6, 6.07) is 9.66. The first kappa shape index (κ1) is 22.5. The molecule has 0 unspecified atom stereocenters. The summed E-state index contributed by atoms with van der Waals surface area (Å²) in [4.78, 5) is 17.6. The van der Waals surface area contributed by atoms with Crippen molar-refractivity contribution in [2.45, 2.75) is 44.9 Å².